The van der Waals surface area contributed by atoms with E-state index in [4.69, 9.17) is 4.99 Å². The highest BCUT2D eigenvalue weighted by Crippen LogP contribution is 2.28. The minimum Gasteiger partial charge on any atom is -0.508 e. The second kappa shape index (κ2) is 9.43. The predicted molar refractivity (Wildman–Crippen MR) is 138 cm³/mol. The number of para-hydroxylation sites is 2. The molecule has 0 atom stereocenters. The summed E-state index contributed by atoms with van der Waals surface area (Å²) in [6.45, 7) is 0. The van der Waals surface area contributed by atoms with Gasteiger partial charge in [-0.25, -0.2) is 4.99 Å². The Hall–Kier alpha value is -4.70. The lowest BCUT2D eigenvalue weighted by Gasteiger charge is -2.26. The van der Waals surface area contributed by atoms with Crippen molar-refractivity contribution in [2.24, 2.45) is 4.99 Å². The zero-order valence-electron chi connectivity index (χ0n) is 18.4. The third kappa shape index (κ3) is 4.30. The molecule has 0 aliphatic heterocycles. The van der Waals surface area contributed by atoms with Crippen LogP contribution in [0.4, 0.5) is 11.4 Å². The van der Waals surface area contributed by atoms with Crippen molar-refractivity contribution < 1.29 is 9.90 Å². The Balaban J connectivity index is 1.78. The molecule has 5 rings (SSSR count). The van der Waals surface area contributed by atoms with Gasteiger partial charge < -0.3 is 5.11 Å². The molecule has 0 bridgehead atoms. The number of fused-ring (bicyclic) bond motifs is 1. The van der Waals surface area contributed by atoms with Crippen LogP contribution < -0.4 is 4.90 Å². The Morgan fingerprint density at radius 1 is 0.647 bits per heavy atom. The van der Waals surface area contributed by atoms with Crippen LogP contribution in [0.15, 0.2) is 132 Å². The molecule has 4 nitrogen and oxygen atoms in total. The standard InChI is InChI=1S/C30H22N2O2/c33-26-20-18-23(19-21-26)30(34)32(25-14-5-2-6-15-25)29(31-24-12-3-1-4-13-24)28-17-9-11-22-10-7-8-16-27(22)28/h1-21,33H. The summed E-state index contributed by atoms with van der Waals surface area (Å²) in [6, 6.07) is 39.5. The molecule has 0 saturated carbocycles. The fourth-order valence-electron chi connectivity index (χ4n) is 3.92. The van der Waals surface area contributed by atoms with Gasteiger partial charge in [-0.2, -0.15) is 0 Å². The van der Waals surface area contributed by atoms with Gasteiger partial charge in [-0.1, -0.05) is 78.9 Å². The van der Waals surface area contributed by atoms with Crippen molar-refractivity contribution in [2.75, 3.05) is 4.90 Å². The van der Waals surface area contributed by atoms with E-state index in [1.54, 1.807) is 17.0 Å². The van der Waals surface area contributed by atoms with E-state index in [0.29, 0.717) is 17.1 Å². The molecular formula is C30H22N2O2. The number of carbonyl (C=O) groups is 1. The van der Waals surface area contributed by atoms with Gasteiger partial charge >= 0.3 is 0 Å². The van der Waals surface area contributed by atoms with Crippen molar-refractivity contribution in [1.82, 2.24) is 0 Å². The van der Waals surface area contributed by atoms with Crippen molar-refractivity contribution in [3.63, 3.8) is 0 Å². The first-order valence-corrected chi connectivity index (χ1v) is 11.0. The number of phenols is 1. The quantitative estimate of drug-likeness (QED) is 0.241. The molecular weight excluding hydrogens is 420 g/mol. The average Bonchev–Trinajstić information content (AvgIpc) is 2.89. The first kappa shape index (κ1) is 21.2. The lowest BCUT2D eigenvalue weighted by atomic mass is 10.0. The highest BCUT2D eigenvalue weighted by atomic mass is 16.3. The van der Waals surface area contributed by atoms with Crippen molar-refractivity contribution in [1.29, 1.82) is 0 Å². The molecule has 0 unspecified atom stereocenters. The van der Waals surface area contributed by atoms with Gasteiger partial charge in [-0.15, -0.1) is 0 Å². The number of aromatic hydroxyl groups is 1. The summed E-state index contributed by atoms with van der Waals surface area (Å²) >= 11 is 0. The highest BCUT2D eigenvalue weighted by Gasteiger charge is 2.26. The number of amidine groups is 1. The Morgan fingerprint density at radius 2 is 1.26 bits per heavy atom. The zero-order valence-corrected chi connectivity index (χ0v) is 18.4. The smallest absolute Gasteiger partial charge is 0.264 e. The number of carbonyl (C=O) groups excluding carboxylic acids is 1. The topological polar surface area (TPSA) is 52.9 Å². The molecule has 0 aliphatic carbocycles. The number of phenolic OH excluding ortho intramolecular Hbond substituents is 1. The van der Waals surface area contributed by atoms with E-state index in [9.17, 15) is 9.90 Å². The maximum atomic E-state index is 14.0. The van der Waals surface area contributed by atoms with Gasteiger partial charge in [0.25, 0.3) is 5.91 Å². The lowest BCUT2D eigenvalue weighted by molar-refractivity contribution is 0.100. The molecule has 0 spiro atoms. The molecule has 5 aromatic rings. The summed E-state index contributed by atoms with van der Waals surface area (Å²) in [5.74, 6) is 0.385. The Bertz CT molecular complexity index is 1460. The van der Waals surface area contributed by atoms with Crippen LogP contribution in [0, 0.1) is 0 Å². The number of benzene rings is 5. The van der Waals surface area contributed by atoms with Crippen LogP contribution in [0.1, 0.15) is 15.9 Å². The lowest BCUT2D eigenvalue weighted by Crippen LogP contribution is -2.37. The minimum atomic E-state index is -0.242. The van der Waals surface area contributed by atoms with Crippen molar-refractivity contribution >= 4 is 33.9 Å². The summed E-state index contributed by atoms with van der Waals surface area (Å²) < 4.78 is 0. The maximum Gasteiger partial charge on any atom is 0.264 e. The average molecular weight is 443 g/mol. The number of amides is 1. The molecule has 0 radical (unpaired) electrons. The fourth-order valence-corrected chi connectivity index (χ4v) is 3.92. The number of nitrogens with zero attached hydrogens (tertiary/aromatic N) is 2. The van der Waals surface area contributed by atoms with Crippen LogP contribution in [-0.4, -0.2) is 16.8 Å². The van der Waals surface area contributed by atoms with Crippen LogP contribution in [-0.2, 0) is 0 Å². The molecule has 0 aliphatic rings. The van der Waals surface area contributed by atoms with Crippen LogP contribution in [0.2, 0.25) is 0 Å². The van der Waals surface area contributed by atoms with Gasteiger partial charge in [0.2, 0.25) is 0 Å². The second-order valence-electron chi connectivity index (χ2n) is 7.82. The largest absolute Gasteiger partial charge is 0.508 e. The Kier molecular flexibility index (Phi) is 5.87. The Morgan fingerprint density at radius 3 is 2.00 bits per heavy atom. The van der Waals surface area contributed by atoms with Crippen LogP contribution in [0.3, 0.4) is 0 Å². The number of hydrogen-bond donors (Lipinski definition) is 1. The number of aliphatic imine (C=N–C) groups is 1. The third-order valence-electron chi connectivity index (χ3n) is 5.57. The van der Waals surface area contributed by atoms with Gasteiger partial charge in [0, 0.05) is 11.1 Å². The van der Waals surface area contributed by atoms with E-state index in [1.165, 1.54) is 12.1 Å². The van der Waals surface area contributed by atoms with Crippen LogP contribution >= 0.6 is 0 Å². The zero-order chi connectivity index (χ0) is 23.3. The van der Waals surface area contributed by atoms with Gasteiger partial charge in [0.15, 0.2) is 0 Å². The van der Waals surface area contributed by atoms with Crippen molar-refractivity contribution in [3.8, 4) is 5.75 Å². The minimum absolute atomic E-state index is 0.107. The molecule has 4 heteroatoms. The normalized spacial score (nSPS) is 11.4. The van der Waals surface area contributed by atoms with Crippen LogP contribution in [0.25, 0.3) is 10.8 Å². The second-order valence-corrected chi connectivity index (χ2v) is 7.82. The van der Waals surface area contributed by atoms with E-state index in [-0.39, 0.29) is 11.7 Å². The molecule has 164 valence electrons. The first-order valence-electron chi connectivity index (χ1n) is 11.0. The summed E-state index contributed by atoms with van der Waals surface area (Å²) in [4.78, 5) is 20.6. The van der Waals surface area contributed by atoms with Gasteiger partial charge in [0.05, 0.1) is 11.4 Å². The SMILES string of the molecule is O=C(c1ccc(O)cc1)N(C(=Nc1ccccc1)c1cccc2ccccc12)c1ccccc1. The molecule has 34 heavy (non-hydrogen) atoms. The van der Waals surface area contributed by atoms with E-state index >= 15 is 0 Å². The van der Waals surface area contributed by atoms with E-state index in [0.717, 1.165) is 22.0 Å². The van der Waals surface area contributed by atoms with E-state index in [1.807, 2.05) is 103 Å². The van der Waals surface area contributed by atoms with Gasteiger partial charge in [-0.05, 0) is 59.3 Å². The van der Waals surface area contributed by atoms with Crippen LogP contribution in [0.5, 0.6) is 5.75 Å². The molecule has 1 amide bonds. The molecule has 0 heterocycles. The van der Waals surface area contributed by atoms with Gasteiger partial charge in [0.1, 0.15) is 11.6 Å². The molecule has 5 aromatic carbocycles. The molecule has 1 N–H and O–H groups in total. The van der Waals surface area contributed by atoms with Gasteiger partial charge in [-0.3, -0.25) is 9.69 Å². The summed E-state index contributed by atoms with van der Waals surface area (Å²) in [6.07, 6.45) is 0. The molecule has 0 fully saturated rings. The summed E-state index contributed by atoms with van der Waals surface area (Å²) in [5, 5.41) is 11.8. The van der Waals surface area contributed by atoms with Crippen molar-refractivity contribution in [2.45, 2.75) is 0 Å². The molecule has 0 saturated heterocycles. The first-order chi connectivity index (χ1) is 16.7. The monoisotopic (exact) mass is 442 g/mol. The highest BCUT2D eigenvalue weighted by molar-refractivity contribution is 6.30. The van der Waals surface area contributed by atoms with E-state index in [2.05, 4.69) is 0 Å². The Labute approximate surface area is 198 Å². The number of rotatable bonds is 4. The van der Waals surface area contributed by atoms with Crippen molar-refractivity contribution in [3.05, 3.63) is 139 Å². The number of anilines is 1. The number of hydrogen-bond acceptors (Lipinski definition) is 3. The predicted octanol–water partition coefficient (Wildman–Crippen LogP) is 6.97. The fraction of sp³-hybridized carbons (Fsp3) is 0. The van der Waals surface area contributed by atoms with E-state index < -0.39 is 0 Å². The molecule has 0 aromatic heterocycles. The summed E-state index contributed by atoms with van der Waals surface area (Å²) in [5.41, 5.74) is 2.73. The maximum absolute atomic E-state index is 14.0. The third-order valence-corrected chi connectivity index (χ3v) is 5.57. The summed E-state index contributed by atoms with van der Waals surface area (Å²) in [7, 11) is 0.